The Morgan fingerprint density at radius 3 is 3.23 bits per heavy atom. The van der Waals surface area contributed by atoms with Gasteiger partial charge in [0.1, 0.15) is 6.29 Å². The summed E-state index contributed by atoms with van der Waals surface area (Å²) in [5.41, 5.74) is 1.52. The second-order valence-corrected chi connectivity index (χ2v) is 4.40. The van der Waals surface area contributed by atoms with Crippen molar-refractivity contribution in [3.63, 3.8) is 0 Å². The first-order valence-electron chi connectivity index (χ1n) is 4.26. The largest absolute Gasteiger partial charge is 0.380 e. The maximum Gasteiger partial charge on any atom is 0.128 e. The Hall–Kier alpha value is -0.740. The van der Waals surface area contributed by atoms with Crippen LogP contribution in [0.5, 0.6) is 0 Å². The van der Waals surface area contributed by atoms with Gasteiger partial charge in [0.15, 0.2) is 0 Å². The maximum absolute atomic E-state index is 11.0. The average molecular weight is 197 g/mol. The number of nitrogens with zero attached hydrogens (tertiary/aromatic N) is 1. The Kier molecular flexibility index (Phi) is 2.42. The van der Waals surface area contributed by atoms with E-state index in [0.717, 1.165) is 24.0 Å². The molecule has 0 bridgehead atoms. The van der Waals surface area contributed by atoms with Crippen molar-refractivity contribution in [3.05, 3.63) is 16.6 Å². The fourth-order valence-electron chi connectivity index (χ4n) is 1.57. The first-order valence-corrected chi connectivity index (χ1v) is 5.14. The lowest BCUT2D eigenvalue weighted by atomic mass is 9.85. The lowest BCUT2D eigenvalue weighted by Crippen LogP contribution is -2.25. The predicted molar refractivity (Wildman–Crippen MR) is 49.8 cm³/mol. The number of ether oxygens (including phenoxy) is 1. The third-order valence-electron chi connectivity index (χ3n) is 2.39. The van der Waals surface area contributed by atoms with Gasteiger partial charge in [-0.3, -0.25) is 4.98 Å². The van der Waals surface area contributed by atoms with Crippen LogP contribution in [-0.4, -0.2) is 24.5 Å². The molecule has 13 heavy (non-hydrogen) atoms. The molecule has 1 aliphatic rings. The topological polar surface area (TPSA) is 39.2 Å². The minimum absolute atomic E-state index is 0.271. The summed E-state index contributed by atoms with van der Waals surface area (Å²) in [5, 5.41) is 0. The van der Waals surface area contributed by atoms with E-state index in [4.69, 9.17) is 4.74 Å². The van der Waals surface area contributed by atoms with E-state index in [1.54, 1.807) is 16.8 Å². The van der Waals surface area contributed by atoms with Crippen LogP contribution in [0, 0.1) is 5.41 Å². The fraction of sp³-hybridized carbons (Fsp3) is 0.556. The molecule has 0 saturated carbocycles. The number of thiazole rings is 1. The number of hydrogen-bond acceptors (Lipinski definition) is 4. The standard InChI is InChI=1S/C9H11NO2S/c11-5-9(1-2-12-6-9)3-8-4-10-7-13-8/h4-5,7H,1-3,6H2. The predicted octanol–water partition coefficient (Wildman–Crippen LogP) is 1.29. The smallest absolute Gasteiger partial charge is 0.128 e. The fourth-order valence-corrected chi connectivity index (χ4v) is 2.32. The Balaban J connectivity index is 2.10. The van der Waals surface area contributed by atoms with Gasteiger partial charge in [-0.05, 0) is 12.8 Å². The second-order valence-electron chi connectivity index (χ2n) is 3.43. The second kappa shape index (κ2) is 3.55. The van der Waals surface area contributed by atoms with Crippen molar-refractivity contribution < 1.29 is 9.53 Å². The Labute approximate surface area is 80.8 Å². The molecule has 2 heterocycles. The molecule has 0 spiro atoms. The molecule has 1 saturated heterocycles. The minimum atomic E-state index is -0.271. The van der Waals surface area contributed by atoms with E-state index >= 15 is 0 Å². The van der Waals surface area contributed by atoms with E-state index in [-0.39, 0.29) is 5.41 Å². The van der Waals surface area contributed by atoms with Crippen LogP contribution in [0.4, 0.5) is 0 Å². The number of aldehydes is 1. The van der Waals surface area contributed by atoms with E-state index in [2.05, 4.69) is 4.98 Å². The van der Waals surface area contributed by atoms with Crippen molar-refractivity contribution in [2.24, 2.45) is 5.41 Å². The molecular weight excluding hydrogens is 186 g/mol. The summed E-state index contributed by atoms with van der Waals surface area (Å²) in [6, 6.07) is 0. The Bertz CT molecular complexity index is 278. The summed E-state index contributed by atoms with van der Waals surface area (Å²) < 4.78 is 5.25. The SMILES string of the molecule is O=CC1(Cc2cncs2)CCOC1. The summed E-state index contributed by atoms with van der Waals surface area (Å²) in [7, 11) is 0. The van der Waals surface area contributed by atoms with Gasteiger partial charge in [0.05, 0.1) is 17.5 Å². The van der Waals surface area contributed by atoms with Crippen molar-refractivity contribution in [2.45, 2.75) is 12.8 Å². The van der Waals surface area contributed by atoms with Crippen LogP contribution < -0.4 is 0 Å². The summed E-state index contributed by atoms with van der Waals surface area (Å²) in [4.78, 5) is 16.1. The summed E-state index contributed by atoms with van der Waals surface area (Å²) >= 11 is 1.60. The molecule has 1 fully saturated rings. The van der Waals surface area contributed by atoms with E-state index in [1.807, 2.05) is 6.20 Å². The highest BCUT2D eigenvalue weighted by molar-refractivity contribution is 7.09. The van der Waals surface area contributed by atoms with Gasteiger partial charge in [-0.15, -0.1) is 11.3 Å². The molecule has 1 aromatic rings. The van der Waals surface area contributed by atoms with Crippen molar-refractivity contribution in [1.29, 1.82) is 0 Å². The van der Waals surface area contributed by atoms with Gasteiger partial charge in [-0.2, -0.15) is 0 Å². The van der Waals surface area contributed by atoms with Crippen LogP contribution in [0.1, 0.15) is 11.3 Å². The van der Waals surface area contributed by atoms with E-state index in [9.17, 15) is 4.79 Å². The van der Waals surface area contributed by atoms with Crippen LogP contribution in [0.3, 0.4) is 0 Å². The summed E-state index contributed by atoms with van der Waals surface area (Å²) in [6.45, 7) is 1.27. The molecule has 1 aliphatic heterocycles. The Morgan fingerprint density at radius 1 is 1.77 bits per heavy atom. The van der Waals surface area contributed by atoms with Gasteiger partial charge in [0.2, 0.25) is 0 Å². The molecule has 0 radical (unpaired) electrons. The Morgan fingerprint density at radius 2 is 2.69 bits per heavy atom. The zero-order valence-corrected chi connectivity index (χ0v) is 8.05. The molecule has 70 valence electrons. The number of aromatic nitrogens is 1. The molecule has 1 unspecified atom stereocenters. The van der Waals surface area contributed by atoms with E-state index in [1.165, 1.54) is 0 Å². The van der Waals surface area contributed by atoms with Gasteiger partial charge in [-0.1, -0.05) is 0 Å². The normalized spacial score (nSPS) is 27.7. The highest BCUT2D eigenvalue weighted by Crippen LogP contribution is 2.31. The van der Waals surface area contributed by atoms with Crippen molar-refractivity contribution in [3.8, 4) is 0 Å². The van der Waals surface area contributed by atoms with Crippen LogP contribution >= 0.6 is 11.3 Å². The first-order chi connectivity index (χ1) is 6.35. The third-order valence-corrected chi connectivity index (χ3v) is 3.17. The van der Waals surface area contributed by atoms with Crippen LogP contribution in [0.2, 0.25) is 0 Å². The third kappa shape index (κ3) is 1.78. The molecule has 0 aliphatic carbocycles. The lowest BCUT2D eigenvalue weighted by Gasteiger charge is -2.17. The van der Waals surface area contributed by atoms with Gasteiger partial charge in [-0.25, -0.2) is 0 Å². The maximum atomic E-state index is 11.0. The molecule has 0 aromatic carbocycles. The highest BCUT2D eigenvalue weighted by atomic mass is 32.1. The molecule has 4 heteroatoms. The van der Waals surface area contributed by atoms with Gasteiger partial charge in [0, 0.05) is 17.7 Å². The minimum Gasteiger partial charge on any atom is -0.380 e. The molecule has 3 nitrogen and oxygen atoms in total. The molecule has 2 rings (SSSR count). The van der Waals surface area contributed by atoms with Gasteiger partial charge < -0.3 is 9.53 Å². The number of carbonyl (C=O) groups is 1. The summed E-state index contributed by atoms with van der Waals surface area (Å²) in [5.74, 6) is 0. The summed E-state index contributed by atoms with van der Waals surface area (Å²) in [6.07, 6.45) is 4.49. The van der Waals surface area contributed by atoms with Crippen LogP contribution in [0.15, 0.2) is 11.7 Å². The van der Waals surface area contributed by atoms with Gasteiger partial charge >= 0.3 is 0 Å². The number of carbonyl (C=O) groups excluding carboxylic acids is 1. The molecule has 0 amide bonds. The van der Waals surface area contributed by atoms with Crippen molar-refractivity contribution >= 4 is 17.6 Å². The first kappa shape index (κ1) is 8.84. The van der Waals surface area contributed by atoms with Crippen LogP contribution in [-0.2, 0) is 16.0 Å². The van der Waals surface area contributed by atoms with Crippen molar-refractivity contribution in [2.75, 3.05) is 13.2 Å². The molecular formula is C9H11NO2S. The molecule has 0 N–H and O–H groups in total. The van der Waals surface area contributed by atoms with Gasteiger partial charge in [0.25, 0.3) is 0 Å². The average Bonchev–Trinajstić information content (AvgIpc) is 2.77. The number of rotatable bonds is 3. The molecule has 1 aromatic heterocycles. The number of hydrogen-bond donors (Lipinski definition) is 0. The quantitative estimate of drug-likeness (QED) is 0.685. The van der Waals surface area contributed by atoms with Crippen LogP contribution in [0.25, 0.3) is 0 Å². The van der Waals surface area contributed by atoms with E-state index in [0.29, 0.717) is 13.2 Å². The molecule has 1 atom stereocenters. The monoisotopic (exact) mass is 197 g/mol. The van der Waals surface area contributed by atoms with E-state index < -0.39 is 0 Å². The lowest BCUT2D eigenvalue weighted by molar-refractivity contribution is -0.116. The highest BCUT2D eigenvalue weighted by Gasteiger charge is 2.35. The zero-order chi connectivity index (χ0) is 9.15. The zero-order valence-electron chi connectivity index (χ0n) is 7.23. The van der Waals surface area contributed by atoms with Crippen molar-refractivity contribution in [1.82, 2.24) is 4.98 Å².